The van der Waals surface area contributed by atoms with Crippen molar-refractivity contribution in [3.05, 3.63) is 78.9 Å². The molecule has 6 rings (SSSR count). The molecule has 3 aromatic heterocycles. The lowest BCUT2D eigenvalue weighted by molar-refractivity contribution is -0.109. The smallest absolute Gasteiger partial charge is 0.185 e. The van der Waals surface area contributed by atoms with Crippen LogP contribution in [0.3, 0.4) is 0 Å². The number of benzene rings is 2. The van der Waals surface area contributed by atoms with E-state index in [4.69, 9.17) is 15.7 Å². The second kappa shape index (κ2) is 10.6. The molecule has 0 unspecified atom stereocenters. The van der Waals surface area contributed by atoms with Gasteiger partial charge in [-0.3, -0.25) is 9.20 Å². The zero-order valence-corrected chi connectivity index (χ0v) is 22.1. The third kappa shape index (κ3) is 4.89. The molecule has 192 valence electrons. The molecule has 5 aromatic rings. The van der Waals surface area contributed by atoms with Crippen molar-refractivity contribution in [3.8, 4) is 22.5 Å². The second-order valence-corrected chi connectivity index (χ2v) is 11.2. The predicted octanol–water partition coefficient (Wildman–Crippen LogP) is 5.56. The Labute approximate surface area is 225 Å². The number of hydrogen-bond acceptors (Lipinski definition) is 7. The number of anilines is 1. The van der Waals surface area contributed by atoms with Gasteiger partial charge in [-0.1, -0.05) is 60.3 Å². The first-order valence-electron chi connectivity index (χ1n) is 13.0. The molecule has 3 N–H and O–H groups in total. The van der Waals surface area contributed by atoms with Crippen molar-refractivity contribution in [3.63, 3.8) is 0 Å². The monoisotopic (exact) mass is 522 g/mol. The molecule has 0 bridgehead atoms. The normalized spacial score (nSPS) is 17.1. The molecule has 0 radical (unpaired) electrons. The van der Waals surface area contributed by atoms with Gasteiger partial charge in [-0.15, -0.1) is 0 Å². The number of hydrogen-bond donors (Lipinski definition) is 2. The van der Waals surface area contributed by atoms with Crippen LogP contribution in [0.1, 0.15) is 31.5 Å². The summed E-state index contributed by atoms with van der Waals surface area (Å²) in [5.74, 6) is 3.32. The van der Waals surface area contributed by atoms with Gasteiger partial charge in [0, 0.05) is 54.0 Å². The van der Waals surface area contributed by atoms with Gasteiger partial charge in [0.05, 0.1) is 11.2 Å². The Morgan fingerprint density at radius 2 is 1.89 bits per heavy atom. The molecule has 2 aromatic carbocycles. The number of imidazole rings is 1. The molecule has 1 saturated carbocycles. The van der Waals surface area contributed by atoms with Gasteiger partial charge < -0.3 is 11.1 Å². The Morgan fingerprint density at radius 3 is 2.71 bits per heavy atom. The lowest BCUT2D eigenvalue weighted by Gasteiger charge is -2.34. The number of nitrogens with zero attached hydrogens (tertiary/aromatic N) is 4. The number of carbonyl (C=O) groups is 1. The van der Waals surface area contributed by atoms with Crippen molar-refractivity contribution >= 4 is 39.1 Å². The SMILES string of the molecule is CC(=O)SCCNC[C@H]1C[C@@H](c2nc(-c3ccc4ccc(-c5ccccc5)nc4c3)c3c(N)nccn32)C1. The fourth-order valence-corrected chi connectivity index (χ4v) is 5.83. The van der Waals surface area contributed by atoms with Gasteiger partial charge >= 0.3 is 0 Å². The van der Waals surface area contributed by atoms with Crippen LogP contribution in [0.4, 0.5) is 5.82 Å². The minimum absolute atomic E-state index is 0.171. The molecule has 0 atom stereocenters. The Kier molecular flexibility index (Phi) is 6.82. The lowest BCUT2D eigenvalue weighted by atomic mass is 9.74. The standard InChI is InChI=1S/C30H30N6OS/c1-19(37)38-14-12-32-18-20-15-24(16-20)30-35-27(28-29(31)33-11-13-36(28)30)23-8-7-22-9-10-25(34-26(22)17-23)21-5-3-2-4-6-21/h2-11,13,17,20,24,32H,12,14-16,18H2,1H3,(H2,31,33)/t20-,24+. The van der Waals surface area contributed by atoms with Crippen molar-refractivity contribution in [2.24, 2.45) is 5.92 Å². The highest BCUT2D eigenvalue weighted by Gasteiger charge is 2.34. The van der Waals surface area contributed by atoms with Crippen LogP contribution in [0, 0.1) is 5.92 Å². The number of nitrogens with two attached hydrogens (primary N) is 1. The lowest BCUT2D eigenvalue weighted by Crippen LogP contribution is -2.33. The minimum atomic E-state index is 0.171. The van der Waals surface area contributed by atoms with Gasteiger partial charge in [0.15, 0.2) is 5.12 Å². The number of carbonyl (C=O) groups excluding carboxylic acids is 1. The average molecular weight is 523 g/mol. The van der Waals surface area contributed by atoms with Crippen LogP contribution >= 0.6 is 11.8 Å². The first-order valence-corrected chi connectivity index (χ1v) is 14.0. The molecule has 38 heavy (non-hydrogen) atoms. The maximum Gasteiger partial charge on any atom is 0.185 e. The Bertz CT molecular complexity index is 1610. The summed E-state index contributed by atoms with van der Waals surface area (Å²) in [4.78, 5) is 25.6. The fraction of sp³-hybridized carbons (Fsp3) is 0.267. The Hall–Kier alpha value is -3.75. The van der Waals surface area contributed by atoms with E-state index in [0.29, 0.717) is 17.7 Å². The van der Waals surface area contributed by atoms with E-state index < -0.39 is 0 Å². The number of aromatic nitrogens is 4. The van der Waals surface area contributed by atoms with Crippen LogP contribution in [-0.2, 0) is 4.79 Å². The largest absolute Gasteiger partial charge is 0.382 e. The minimum Gasteiger partial charge on any atom is -0.382 e. The first-order chi connectivity index (χ1) is 18.6. The van der Waals surface area contributed by atoms with E-state index in [0.717, 1.165) is 76.4 Å². The molecular weight excluding hydrogens is 492 g/mol. The van der Waals surface area contributed by atoms with E-state index in [1.807, 2.05) is 24.4 Å². The summed E-state index contributed by atoms with van der Waals surface area (Å²) in [6.07, 6.45) is 5.87. The number of thioether (sulfide) groups is 1. The maximum atomic E-state index is 11.1. The van der Waals surface area contributed by atoms with Gasteiger partial charge in [0.1, 0.15) is 22.9 Å². The predicted molar refractivity (Wildman–Crippen MR) is 155 cm³/mol. The summed E-state index contributed by atoms with van der Waals surface area (Å²) in [7, 11) is 0. The molecule has 7 nitrogen and oxygen atoms in total. The van der Waals surface area contributed by atoms with E-state index in [2.05, 4.69) is 57.2 Å². The summed E-state index contributed by atoms with van der Waals surface area (Å²) >= 11 is 1.37. The van der Waals surface area contributed by atoms with Crippen LogP contribution in [0.15, 0.2) is 73.1 Å². The van der Waals surface area contributed by atoms with E-state index in [9.17, 15) is 4.79 Å². The molecule has 1 aliphatic carbocycles. The summed E-state index contributed by atoms with van der Waals surface area (Å²) in [5.41, 5.74) is 12.0. The van der Waals surface area contributed by atoms with Crippen LogP contribution in [-0.4, -0.2) is 43.3 Å². The quantitative estimate of drug-likeness (QED) is 0.258. The van der Waals surface area contributed by atoms with E-state index in [-0.39, 0.29) is 5.12 Å². The van der Waals surface area contributed by atoms with Crippen molar-refractivity contribution in [1.29, 1.82) is 0 Å². The van der Waals surface area contributed by atoms with Crippen LogP contribution in [0.5, 0.6) is 0 Å². The zero-order valence-electron chi connectivity index (χ0n) is 21.3. The van der Waals surface area contributed by atoms with Crippen LogP contribution in [0.25, 0.3) is 38.9 Å². The number of pyridine rings is 1. The molecule has 1 aliphatic rings. The van der Waals surface area contributed by atoms with Crippen molar-refractivity contribution in [2.75, 3.05) is 24.6 Å². The van der Waals surface area contributed by atoms with Gasteiger partial charge in [-0.25, -0.2) is 15.0 Å². The molecule has 0 aliphatic heterocycles. The number of nitrogen functional groups attached to an aromatic ring is 1. The first kappa shape index (κ1) is 24.6. The van der Waals surface area contributed by atoms with E-state index >= 15 is 0 Å². The zero-order chi connectivity index (χ0) is 26.1. The third-order valence-electron chi connectivity index (χ3n) is 7.26. The van der Waals surface area contributed by atoms with Crippen molar-refractivity contribution in [1.82, 2.24) is 24.7 Å². The third-order valence-corrected chi connectivity index (χ3v) is 8.08. The number of rotatable bonds is 8. The van der Waals surface area contributed by atoms with E-state index in [1.54, 1.807) is 13.1 Å². The average Bonchev–Trinajstić information content (AvgIpc) is 3.29. The summed E-state index contributed by atoms with van der Waals surface area (Å²) in [6.45, 7) is 3.43. The van der Waals surface area contributed by atoms with Gasteiger partial charge in [0.2, 0.25) is 0 Å². The van der Waals surface area contributed by atoms with Crippen molar-refractivity contribution < 1.29 is 4.79 Å². The van der Waals surface area contributed by atoms with Gasteiger partial charge in [-0.05, 0) is 37.4 Å². The van der Waals surface area contributed by atoms with Crippen LogP contribution in [0.2, 0.25) is 0 Å². The Balaban J connectivity index is 1.27. The molecular formula is C30H30N6OS. The Morgan fingerprint density at radius 1 is 1.08 bits per heavy atom. The maximum absolute atomic E-state index is 11.1. The molecule has 1 fully saturated rings. The summed E-state index contributed by atoms with van der Waals surface area (Å²) in [6, 6.07) is 20.7. The van der Waals surface area contributed by atoms with Crippen molar-refractivity contribution in [2.45, 2.75) is 25.7 Å². The molecule has 3 heterocycles. The highest BCUT2D eigenvalue weighted by Crippen LogP contribution is 2.43. The molecule has 8 heteroatoms. The molecule has 0 amide bonds. The molecule has 0 spiro atoms. The number of nitrogens with one attached hydrogen (secondary N) is 1. The van der Waals surface area contributed by atoms with E-state index in [1.165, 1.54) is 11.8 Å². The summed E-state index contributed by atoms with van der Waals surface area (Å²) < 4.78 is 2.12. The highest BCUT2D eigenvalue weighted by molar-refractivity contribution is 8.13. The second-order valence-electron chi connectivity index (χ2n) is 9.90. The van der Waals surface area contributed by atoms with Gasteiger partial charge in [0.25, 0.3) is 0 Å². The number of fused-ring (bicyclic) bond motifs is 2. The summed E-state index contributed by atoms with van der Waals surface area (Å²) in [5, 5.41) is 4.74. The fourth-order valence-electron chi connectivity index (χ4n) is 5.30. The van der Waals surface area contributed by atoms with Crippen LogP contribution < -0.4 is 11.1 Å². The highest BCUT2D eigenvalue weighted by atomic mass is 32.2. The van der Waals surface area contributed by atoms with Gasteiger partial charge in [-0.2, -0.15) is 0 Å². The topological polar surface area (TPSA) is 98.2 Å². The molecule has 0 saturated heterocycles.